The Kier molecular flexibility index (Phi) is 24.2. The van der Waals surface area contributed by atoms with E-state index in [2.05, 4.69) is 10.6 Å². The average Bonchev–Trinajstić information content (AvgIpc) is 3.34. The van der Waals surface area contributed by atoms with Crippen LogP contribution in [0.1, 0.15) is 130 Å². The lowest BCUT2D eigenvalue weighted by Crippen LogP contribution is -2.35. The van der Waals surface area contributed by atoms with E-state index < -0.39 is 48.4 Å². The Balaban J connectivity index is 0.000000400. The number of ketones is 4. The van der Waals surface area contributed by atoms with Crippen LogP contribution < -0.4 is 22.1 Å². The van der Waals surface area contributed by atoms with Crippen molar-refractivity contribution >= 4 is 69.7 Å². The Bertz CT molecular complexity index is 2460. The molecule has 416 valence electrons. The molecular weight excluding hydrogens is 1080 g/mol. The Morgan fingerprint density at radius 1 is 0.539 bits per heavy atom. The SMILES string of the molecule is CC1=C2C[C@@H](C)C[C@H](C)[C@H](O)[C@@H](C)/C=C(\C)[C@H](OC(N)=O)[C@@H](C)/C=C\C=C(/C)C(=O)NC(=C(C)C1=O)C2=O.CC1=C2C[C@@H](C)C[C@H](C)[C@H](O)[C@@H](C)/C=C(\C)[C@H](OC(N)=O)[C@@H](C)/C=C\C=C(/C)C(=O)NC(=C(I)C1=O)C2=O. The third-order valence-electron chi connectivity index (χ3n) is 14.7. The molecule has 2 aliphatic heterocycles. The van der Waals surface area contributed by atoms with Crippen molar-refractivity contribution < 1.29 is 58.0 Å². The molecule has 2 heterocycles. The van der Waals surface area contributed by atoms with Crippen LogP contribution in [0.25, 0.3) is 0 Å². The van der Waals surface area contributed by atoms with Crippen molar-refractivity contribution in [2.45, 2.75) is 154 Å². The van der Waals surface area contributed by atoms with Crippen molar-refractivity contribution in [3.05, 3.63) is 114 Å². The molecule has 0 aromatic carbocycles. The van der Waals surface area contributed by atoms with E-state index in [0.717, 1.165) is 11.1 Å². The van der Waals surface area contributed by atoms with Gasteiger partial charge in [-0.15, -0.1) is 0 Å². The fourth-order valence-corrected chi connectivity index (χ4v) is 11.1. The van der Waals surface area contributed by atoms with Gasteiger partial charge in [0.05, 0.1) is 21.5 Å². The first-order chi connectivity index (χ1) is 35.3. The molecule has 0 unspecified atom stereocenters. The first kappa shape index (κ1) is 64.5. The fourth-order valence-electron chi connectivity index (χ4n) is 10.3. The number of rotatable bonds is 2. The summed E-state index contributed by atoms with van der Waals surface area (Å²) in [6.45, 7) is 27.1. The highest BCUT2D eigenvalue weighted by atomic mass is 127. The van der Waals surface area contributed by atoms with Gasteiger partial charge in [0.25, 0.3) is 11.8 Å². The van der Waals surface area contributed by atoms with E-state index in [-0.39, 0.29) is 91.0 Å². The van der Waals surface area contributed by atoms with Crippen LogP contribution in [0.5, 0.6) is 0 Å². The minimum atomic E-state index is -0.902. The van der Waals surface area contributed by atoms with Crippen molar-refractivity contribution in [3.8, 4) is 0 Å². The zero-order chi connectivity index (χ0) is 57.8. The van der Waals surface area contributed by atoms with E-state index in [1.165, 1.54) is 0 Å². The lowest BCUT2D eigenvalue weighted by Gasteiger charge is -2.28. The summed E-state index contributed by atoms with van der Waals surface area (Å²) in [6.07, 6.45) is 11.3. The second kappa shape index (κ2) is 28.5. The smallest absolute Gasteiger partial charge is 0.405 e. The van der Waals surface area contributed by atoms with Crippen molar-refractivity contribution in [1.82, 2.24) is 10.6 Å². The Hall–Kier alpha value is -5.79. The number of aliphatic hydroxyl groups excluding tert-OH is 2. The minimum absolute atomic E-state index is 0.00661. The predicted molar refractivity (Wildman–Crippen MR) is 301 cm³/mol. The van der Waals surface area contributed by atoms with E-state index >= 15 is 0 Å². The number of allylic oxidation sites excluding steroid dienone is 10. The van der Waals surface area contributed by atoms with Gasteiger partial charge < -0.3 is 41.8 Å². The summed E-state index contributed by atoms with van der Waals surface area (Å²) in [4.78, 5) is 102. The largest absolute Gasteiger partial charge is 0.441 e. The van der Waals surface area contributed by atoms with Gasteiger partial charge in [0.2, 0.25) is 11.6 Å². The van der Waals surface area contributed by atoms with Crippen molar-refractivity contribution in [2.24, 2.45) is 58.8 Å². The van der Waals surface area contributed by atoms with E-state index in [1.807, 2.05) is 104 Å². The fraction of sp³-hybridized carbons (Fsp3) is 0.525. The van der Waals surface area contributed by atoms with Crippen LogP contribution in [-0.4, -0.2) is 81.8 Å². The predicted octanol–water partition coefficient (Wildman–Crippen LogP) is 9.29. The number of hydrogen-bond donors (Lipinski definition) is 6. The molecule has 17 heteroatoms. The van der Waals surface area contributed by atoms with Gasteiger partial charge in [0, 0.05) is 62.7 Å². The van der Waals surface area contributed by atoms with Crippen LogP contribution in [0.3, 0.4) is 0 Å². The van der Waals surface area contributed by atoms with Crippen LogP contribution in [-0.2, 0) is 38.2 Å². The molecule has 76 heavy (non-hydrogen) atoms. The van der Waals surface area contributed by atoms with Crippen LogP contribution in [0.2, 0.25) is 0 Å². The van der Waals surface area contributed by atoms with Gasteiger partial charge in [-0.2, -0.15) is 0 Å². The monoisotopic (exact) mass is 1160 g/mol. The first-order valence-corrected chi connectivity index (χ1v) is 27.0. The summed E-state index contributed by atoms with van der Waals surface area (Å²) in [5.41, 5.74) is 14.6. The summed E-state index contributed by atoms with van der Waals surface area (Å²) in [5, 5.41) is 27.4. The number of Topliss-reactive ketones (excluding diaryl/α,β-unsaturated/α-hetero) is 4. The molecule has 8 N–H and O–H groups in total. The molecule has 4 rings (SSSR count). The number of nitrogens with one attached hydrogen (secondary N) is 2. The molecule has 12 atom stereocenters. The highest BCUT2D eigenvalue weighted by molar-refractivity contribution is 14.1. The molecule has 0 saturated carbocycles. The van der Waals surface area contributed by atoms with Crippen molar-refractivity contribution in [3.63, 3.8) is 0 Å². The van der Waals surface area contributed by atoms with Crippen LogP contribution in [0.15, 0.2) is 114 Å². The number of ether oxygens (including phenoxy) is 2. The molecule has 0 radical (unpaired) electrons. The highest BCUT2D eigenvalue weighted by Crippen LogP contribution is 2.35. The Morgan fingerprint density at radius 2 is 0.895 bits per heavy atom. The van der Waals surface area contributed by atoms with Crippen LogP contribution in [0, 0.1) is 47.3 Å². The van der Waals surface area contributed by atoms with E-state index in [0.29, 0.717) is 59.1 Å². The highest BCUT2D eigenvalue weighted by Gasteiger charge is 2.36. The molecule has 16 nitrogen and oxygen atoms in total. The minimum Gasteiger partial charge on any atom is -0.441 e. The molecule has 0 aromatic rings. The maximum absolute atomic E-state index is 13.4. The lowest BCUT2D eigenvalue weighted by atomic mass is 9.80. The molecule has 0 saturated heterocycles. The van der Waals surface area contributed by atoms with Crippen molar-refractivity contribution in [2.75, 3.05) is 0 Å². The topological polar surface area (TPSA) is 272 Å². The molecule has 2 aliphatic carbocycles. The van der Waals surface area contributed by atoms with E-state index in [1.54, 1.807) is 71.1 Å². The molecule has 0 aromatic heterocycles. The lowest BCUT2D eigenvalue weighted by molar-refractivity contribution is -0.120. The molecular formula is C59H81IN4O12. The zero-order valence-corrected chi connectivity index (χ0v) is 49.0. The number of carbonyl (C=O) groups excluding carboxylic acids is 8. The Morgan fingerprint density at radius 3 is 1.28 bits per heavy atom. The number of hydrogen-bond acceptors (Lipinski definition) is 12. The number of halogens is 1. The van der Waals surface area contributed by atoms with E-state index in [4.69, 9.17) is 20.9 Å². The van der Waals surface area contributed by atoms with Gasteiger partial charge in [0.15, 0.2) is 11.6 Å². The summed E-state index contributed by atoms with van der Waals surface area (Å²) >= 11 is 1.81. The third kappa shape index (κ3) is 17.1. The van der Waals surface area contributed by atoms with Gasteiger partial charge in [0.1, 0.15) is 17.9 Å². The van der Waals surface area contributed by atoms with Crippen molar-refractivity contribution in [1.29, 1.82) is 0 Å². The summed E-state index contributed by atoms with van der Waals surface area (Å²) in [7, 11) is 0. The first-order valence-electron chi connectivity index (χ1n) is 26.0. The summed E-state index contributed by atoms with van der Waals surface area (Å²) in [6, 6.07) is 0. The maximum atomic E-state index is 13.4. The molecule has 4 aliphatic rings. The standard InChI is InChI=1S/C30H42N2O6.C29H39IN2O6/c1-15-12-18(4)25(33)19(5)14-20(6)28(38-30(31)37)16(2)10-9-11-17(3)29(36)32-24-22(8)26(34)21(7)23(13-15)27(24)35;1-14-11-17(4)24(33)18(5)13-19(6)27(38-29(31)37)15(2)9-8-10-16(3)28(36)32-23-22(30)25(34)20(7)21(12-14)26(23)35/h9-11,14-16,18-19,25,28,33H,12-13H2,1-8H3,(H2,31,37)(H,32,36);8-10,13-15,17-18,24,27,33H,11-12H2,1-7H3,(H2,31,37)(H,32,36)/b10-9-,17-11+,20-14+;9-8-,16-10+,19-13+/t15-,16-,18-,19-,25-,28+;14-,15-,17-,18-,24-,27+/m00/s1. The Labute approximate surface area is 462 Å². The number of fused-ring (bicyclic) bond motifs is 4. The number of nitrogens with two attached hydrogens (primary N) is 2. The van der Waals surface area contributed by atoms with Gasteiger partial charge >= 0.3 is 12.2 Å². The number of carbonyl (C=O) groups is 8. The number of primary amides is 2. The van der Waals surface area contributed by atoms with E-state index in [9.17, 15) is 48.6 Å². The normalized spacial score (nSPS) is 34.2. The molecule has 0 spiro atoms. The number of aliphatic hydroxyl groups is 2. The molecule has 0 fully saturated rings. The third-order valence-corrected chi connectivity index (χ3v) is 15.8. The van der Waals surface area contributed by atoms with Crippen LogP contribution in [0.4, 0.5) is 9.59 Å². The zero-order valence-electron chi connectivity index (χ0n) is 46.9. The van der Waals surface area contributed by atoms with Crippen LogP contribution >= 0.6 is 22.6 Å². The van der Waals surface area contributed by atoms with Gasteiger partial charge in [-0.3, -0.25) is 28.8 Å². The molecule has 4 amide bonds. The quantitative estimate of drug-likeness (QED) is 0.0858. The van der Waals surface area contributed by atoms with Gasteiger partial charge in [-0.05, 0) is 132 Å². The number of amides is 4. The average molecular weight is 1170 g/mol. The van der Waals surface area contributed by atoms with Gasteiger partial charge in [-0.25, -0.2) is 9.59 Å². The second-order valence-corrected chi connectivity index (χ2v) is 22.7. The van der Waals surface area contributed by atoms with Gasteiger partial charge in [-0.1, -0.05) is 104 Å². The molecule has 4 bridgehead atoms. The summed E-state index contributed by atoms with van der Waals surface area (Å²) in [5.74, 6) is -3.51. The maximum Gasteiger partial charge on any atom is 0.405 e. The summed E-state index contributed by atoms with van der Waals surface area (Å²) < 4.78 is 11.0. The second-order valence-electron chi connectivity index (χ2n) is 21.6.